The maximum atomic E-state index is 12.4. The lowest BCUT2D eigenvalue weighted by Crippen LogP contribution is -2.37. The SMILES string of the molecule is CCC(C)N(CC)S(=O)(=O)c1cc(CN)cs1. The number of rotatable bonds is 6. The van der Waals surface area contributed by atoms with Crippen LogP contribution in [0, 0.1) is 0 Å². The minimum atomic E-state index is -3.36. The predicted octanol–water partition coefficient (Wildman–Crippen LogP) is 2.02. The highest BCUT2D eigenvalue weighted by molar-refractivity contribution is 7.91. The minimum absolute atomic E-state index is 0.0217. The summed E-state index contributed by atoms with van der Waals surface area (Å²) in [7, 11) is -3.36. The van der Waals surface area contributed by atoms with E-state index in [4.69, 9.17) is 5.73 Å². The molecule has 4 nitrogen and oxygen atoms in total. The molecule has 0 saturated carbocycles. The van der Waals surface area contributed by atoms with E-state index >= 15 is 0 Å². The second-order valence-corrected chi connectivity index (χ2v) is 6.97. The van der Waals surface area contributed by atoms with Gasteiger partial charge in [0.1, 0.15) is 4.21 Å². The summed E-state index contributed by atoms with van der Waals surface area (Å²) in [4.78, 5) is 0. The van der Waals surface area contributed by atoms with E-state index in [1.54, 1.807) is 15.8 Å². The van der Waals surface area contributed by atoms with Crippen molar-refractivity contribution in [1.29, 1.82) is 0 Å². The number of nitrogens with two attached hydrogens (primary N) is 1. The summed E-state index contributed by atoms with van der Waals surface area (Å²) in [5.74, 6) is 0. The van der Waals surface area contributed by atoms with Crippen LogP contribution in [0.5, 0.6) is 0 Å². The maximum absolute atomic E-state index is 12.4. The molecule has 0 aliphatic carbocycles. The van der Waals surface area contributed by atoms with E-state index in [9.17, 15) is 8.42 Å². The lowest BCUT2D eigenvalue weighted by atomic mass is 10.3. The summed E-state index contributed by atoms with van der Waals surface area (Å²) >= 11 is 1.24. The van der Waals surface area contributed by atoms with Crippen molar-refractivity contribution in [3.63, 3.8) is 0 Å². The highest BCUT2D eigenvalue weighted by Crippen LogP contribution is 2.25. The van der Waals surface area contributed by atoms with Gasteiger partial charge in [0, 0.05) is 19.1 Å². The van der Waals surface area contributed by atoms with Crippen molar-refractivity contribution in [3.8, 4) is 0 Å². The van der Waals surface area contributed by atoms with Gasteiger partial charge in [-0.2, -0.15) is 4.31 Å². The van der Waals surface area contributed by atoms with Gasteiger partial charge in [0.05, 0.1) is 0 Å². The van der Waals surface area contributed by atoms with E-state index in [-0.39, 0.29) is 6.04 Å². The highest BCUT2D eigenvalue weighted by atomic mass is 32.2. The van der Waals surface area contributed by atoms with E-state index < -0.39 is 10.0 Å². The van der Waals surface area contributed by atoms with Gasteiger partial charge in [0.25, 0.3) is 10.0 Å². The third kappa shape index (κ3) is 3.07. The summed E-state index contributed by atoms with van der Waals surface area (Å²) in [5, 5.41) is 1.80. The Kier molecular flexibility index (Phi) is 5.12. The molecule has 1 rings (SSSR count). The van der Waals surface area contributed by atoms with Crippen molar-refractivity contribution in [1.82, 2.24) is 4.31 Å². The van der Waals surface area contributed by atoms with Gasteiger partial charge in [-0.25, -0.2) is 8.42 Å². The molecular formula is C11H20N2O2S2. The Morgan fingerprint density at radius 3 is 2.53 bits per heavy atom. The van der Waals surface area contributed by atoms with E-state index in [1.165, 1.54) is 11.3 Å². The lowest BCUT2D eigenvalue weighted by molar-refractivity contribution is 0.343. The van der Waals surface area contributed by atoms with Crippen molar-refractivity contribution in [3.05, 3.63) is 17.0 Å². The van der Waals surface area contributed by atoms with Crippen LogP contribution < -0.4 is 5.73 Å². The van der Waals surface area contributed by atoms with Gasteiger partial charge in [-0.15, -0.1) is 11.3 Å². The van der Waals surface area contributed by atoms with E-state index in [0.29, 0.717) is 17.3 Å². The summed E-state index contributed by atoms with van der Waals surface area (Å²) in [6.07, 6.45) is 0.808. The van der Waals surface area contributed by atoms with Crippen LogP contribution in [0.15, 0.2) is 15.7 Å². The number of sulfonamides is 1. The van der Waals surface area contributed by atoms with Crippen LogP contribution in [0.4, 0.5) is 0 Å². The molecule has 1 aromatic heterocycles. The Hall–Kier alpha value is -0.430. The Bertz CT molecular complexity index is 454. The largest absolute Gasteiger partial charge is 0.326 e. The maximum Gasteiger partial charge on any atom is 0.252 e. The predicted molar refractivity (Wildman–Crippen MR) is 71.5 cm³/mol. The average Bonchev–Trinajstić information content (AvgIpc) is 2.78. The molecule has 17 heavy (non-hydrogen) atoms. The molecule has 0 aromatic carbocycles. The van der Waals surface area contributed by atoms with Crippen LogP contribution in [-0.2, 0) is 16.6 Å². The topological polar surface area (TPSA) is 63.4 Å². The molecule has 0 aliphatic heterocycles. The summed E-state index contributed by atoms with van der Waals surface area (Å²) in [5.41, 5.74) is 6.37. The van der Waals surface area contributed by atoms with Gasteiger partial charge in [-0.3, -0.25) is 0 Å². The molecule has 98 valence electrons. The molecule has 0 fully saturated rings. The first-order valence-corrected chi connectivity index (χ1v) is 8.08. The molecule has 1 unspecified atom stereocenters. The van der Waals surface area contributed by atoms with Crippen LogP contribution in [0.3, 0.4) is 0 Å². The average molecular weight is 276 g/mol. The van der Waals surface area contributed by atoms with Crippen LogP contribution in [0.1, 0.15) is 32.8 Å². The second kappa shape index (κ2) is 5.95. The first-order valence-electron chi connectivity index (χ1n) is 5.76. The van der Waals surface area contributed by atoms with Gasteiger partial charge < -0.3 is 5.73 Å². The van der Waals surface area contributed by atoms with Gasteiger partial charge in [0.15, 0.2) is 0 Å². The zero-order chi connectivity index (χ0) is 13.1. The fourth-order valence-electron chi connectivity index (χ4n) is 1.63. The van der Waals surface area contributed by atoms with Gasteiger partial charge in [-0.1, -0.05) is 13.8 Å². The third-order valence-corrected chi connectivity index (χ3v) is 6.38. The zero-order valence-electron chi connectivity index (χ0n) is 10.5. The Morgan fingerprint density at radius 2 is 2.12 bits per heavy atom. The van der Waals surface area contributed by atoms with Crippen molar-refractivity contribution in [2.75, 3.05) is 6.54 Å². The number of hydrogen-bond donors (Lipinski definition) is 1. The van der Waals surface area contributed by atoms with Gasteiger partial charge in [0.2, 0.25) is 0 Å². The molecule has 6 heteroatoms. The van der Waals surface area contributed by atoms with Crippen LogP contribution in [0.25, 0.3) is 0 Å². The number of thiophene rings is 1. The zero-order valence-corrected chi connectivity index (χ0v) is 12.1. The van der Waals surface area contributed by atoms with E-state index in [2.05, 4.69) is 0 Å². The monoisotopic (exact) mass is 276 g/mol. The van der Waals surface area contributed by atoms with Gasteiger partial charge in [-0.05, 0) is 30.4 Å². The van der Waals surface area contributed by atoms with Crippen molar-refractivity contribution in [2.24, 2.45) is 5.73 Å². The molecule has 1 atom stereocenters. The first-order chi connectivity index (χ1) is 7.97. The fraction of sp³-hybridized carbons (Fsp3) is 0.636. The van der Waals surface area contributed by atoms with Crippen LogP contribution in [-0.4, -0.2) is 25.3 Å². The standard InChI is InChI=1S/C11H20N2O2S2/c1-4-9(3)13(5-2)17(14,15)11-6-10(7-12)8-16-11/h6,8-9H,4-5,7,12H2,1-3H3. The first kappa shape index (κ1) is 14.6. The fourth-order valence-corrected chi connectivity index (χ4v) is 4.70. The Morgan fingerprint density at radius 1 is 1.47 bits per heavy atom. The molecule has 0 spiro atoms. The third-order valence-electron chi connectivity index (χ3n) is 2.82. The highest BCUT2D eigenvalue weighted by Gasteiger charge is 2.27. The van der Waals surface area contributed by atoms with Crippen LogP contribution >= 0.6 is 11.3 Å². The van der Waals surface area contributed by atoms with Crippen LogP contribution in [0.2, 0.25) is 0 Å². The molecular weight excluding hydrogens is 256 g/mol. The van der Waals surface area contributed by atoms with E-state index in [1.807, 2.05) is 20.8 Å². The Balaban J connectivity index is 3.08. The lowest BCUT2D eigenvalue weighted by Gasteiger charge is -2.25. The van der Waals surface area contributed by atoms with Crippen molar-refractivity contribution >= 4 is 21.4 Å². The summed E-state index contributed by atoms with van der Waals surface area (Å²) in [6.45, 7) is 6.65. The Labute approximate surface area is 107 Å². The summed E-state index contributed by atoms with van der Waals surface area (Å²) in [6, 6.07) is 1.69. The molecule has 1 heterocycles. The van der Waals surface area contributed by atoms with Gasteiger partial charge >= 0.3 is 0 Å². The van der Waals surface area contributed by atoms with Crippen molar-refractivity contribution < 1.29 is 8.42 Å². The summed E-state index contributed by atoms with van der Waals surface area (Å²) < 4.78 is 26.7. The quantitative estimate of drug-likeness (QED) is 0.864. The molecule has 2 N–H and O–H groups in total. The normalized spacial score (nSPS) is 14.2. The smallest absolute Gasteiger partial charge is 0.252 e. The molecule has 0 aliphatic rings. The van der Waals surface area contributed by atoms with E-state index in [0.717, 1.165) is 12.0 Å². The minimum Gasteiger partial charge on any atom is -0.326 e. The molecule has 0 amide bonds. The molecule has 0 bridgehead atoms. The second-order valence-electron chi connectivity index (χ2n) is 3.94. The number of nitrogens with zero attached hydrogens (tertiary/aromatic N) is 1. The van der Waals surface area contributed by atoms with Crippen molar-refractivity contribution in [2.45, 2.75) is 44.0 Å². The molecule has 0 radical (unpaired) electrons. The molecule has 0 saturated heterocycles. The number of hydrogen-bond acceptors (Lipinski definition) is 4. The molecule has 1 aromatic rings.